The van der Waals surface area contributed by atoms with E-state index in [1.165, 1.54) is 13.1 Å². The average Bonchev–Trinajstić information content (AvgIpc) is 2.54. The molecule has 3 aromatic rings. The lowest BCUT2D eigenvalue weighted by molar-refractivity contribution is 0.0963. The van der Waals surface area contributed by atoms with Gasteiger partial charge in [0.1, 0.15) is 11.3 Å². The van der Waals surface area contributed by atoms with Crippen LogP contribution in [0.25, 0.3) is 22.1 Å². The Hall–Kier alpha value is -2.79. The molecular weight excluding hydrogens is 318 g/mol. The normalized spacial score (nSPS) is 10.7. The van der Waals surface area contributed by atoms with Gasteiger partial charge in [0.15, 0.2) is 5.58 Å². The van der Waals surface area contributed by atoms with Gasteiger partial charge in [-0.2, -0.15) is 0 Å². The summed E-state index contributed by atoms with van der Waals surface area (Å²) in [5, 5.41) is 13.7. The number of benzene rings is 2. The number of para-hydroxylation sites is 1. The Bertz CT molecular complexity index is 978. The molecule has 2 aromatic carbocycles. The van der Waals surface area contributed by atoms with Crippen LogP contribution in [0, 0.1) is 0 Å². The van der Waals surface area contributed by atoms with Crippen molar-refractivity contribution in [2.75, 3.05) is 7.05 Å². The van der Waals surface area contributed by atoms with Crippen molar-refractivity contribution in [1.29, 1.82) is 0 Å². The van der Waals surface area contributed by atoms with Crippen LogP contribution in [0.15, 0.2) is 51.7 Å². The molecule has 6 heteroatoms. The van der Waals surface area contributed by atoms with Gasteiger partial charge in [-0.1, -0.05) is 29.8 Å². The molecule has 1 aromatic heterocycles. The second-order valence-corrected chi connectivity index (χ2v) is 5.32. The van der Waals surface area contributed by atoms with Gasteiger partial charge in [-0.05, 0) is 29.8 Å². The molecule has 0 radical (unpaired) electrons. The van der Waals surface area contributed by atoms with Crippen molar-refractivity contribution in [2.45, 2.75) is 0 Å². The molecule has 0 aliphatic rings. The van der Waals surface area contributed by atoms with Crippen molar-refractivity contribution >= 4 is 28.5 Å². The molecule has 0 saturated heterocycles. The van der Waals surface area contributed by atoms with Crippen LogP contribution in [-0.2, 0) is 0 Å². The SMILES string of the molecule is CNC(=O)c1cccc2c(O)c(-c3cccc(Cl)c3)c(=O)oc12. The molecule has 5 nitrogen and oxygen atoms in total. The highest BCUT2D eigenvalue weighted by Crippen LogP contribution is 2.34. The van der Waals surface area contributed by atoms with Gasteiger partial charge >= 0.3 is 5.63 Å². The lowest BCUT2D eigenvalue weighted by Gasteiger charge is -2.09. The smallest absolute Gasteiger partial charge is 0.348 e. The third kappa shape index (κ3) is 2.55. The molecule has 2 N–H and O–H groups in total. The molecule has 0 unspecified atom stereocenters. The lowest BCUT2D eigenvalue weighted by Crippen LogP contribution is -2.18. The number of carbonyl (C=O) groups excluding carboxylic acids is 1. The lowest BCUT2D eigenvalue weighted by atomic mass is 10.0. The van der Waals surface area contributed by atoms with Gasteiger partial charge in [0, 0.05) is 12.1 Å². The van der Waals surface area contributed by atoms with Gasteiger partial charge in [0.25, 0.3) is 5.91 Å². The number of amides is 1. The summed E-state index contributed by atoms with van der Waals surface area (Å²) < 4.78 is 5.30. The minimum absolute atomic E-state index is 0.00839. The fourth-order valence-corrected chi connectivity index (χ4v) is 2.61. The van der Waals surface area contributed by atoms with E-state index in [0.717, 1.165) is 0 Å². The van der Waals surface area contributed by atoms with Crippen molar-refractivity contribution in [3.05, 3.63) is 63.5 Å². The van der Waals surface area contributed by atoms with Gasteiger partial charge in [-0.25, -0.2) is 4.79 Å². The van der Waals surface area contributed by atoms with Crippen LogP contribution in [0.2, 0.25) is 5.02 Å². The Morgan fingerprint density at radius 2 is 1.96 bits per heavy atom. The number of halogens is 1. The largest absolute Gasteiger partial charge is 0.506 e. The van der Waals surface area contributed by atoms with Gasteiger partial charge in [-0.15, -0.1) is 0 Å². The fourth-order valence-electron chi connectivity index (χ4n) is 2.42. The van der Waals surface area contributed by atoms with E-state index in [1.54, 1.807) is 36.4 Å². The van der Waals surface area contributed by atoms with Crippen molar-refractivity contribution in [1.82, 2.24) is 5.32 Å². The number of carbonyl (C=O) groups is 1. The molecule has 0 spiro atoms. The first kappa shape index (κ1) is 15.1. The Labute approximate surface area is 136 Å². The molecule has 0 atom stereocenters. The van der Waals surface area contributed by atoms with Gasteiger partial charge < -0.3 is 14.8 Å². The fraction of sp³-hybridized carbons (Fsp3) is 0.0588. The summed E-state index contributed by atoms with van der Waals surface area (Å²) >= 11 is 5.94. The number of rotatable bonds is 2. The van der Waals surface area contributed by atoms with Crippen molar-refractivity contribution < 1.29 is 14.3 Å². The van der Waals surface area contributed by atoms with E-state index >= 15 is 0 Å². The first-order valence-electron chi connectivity index (χ1n) is 6.79. The van der Waals surface area contributed by atoms with E-state index in [4.69, 9.17) is 16.0 Å². The van der Waals surface area contributed by atoms with Crippen LogP contribution in [-0.4, -0.2) is 18.1 Å². The second-order valence-electron chi connectivity index (χ2n) is 4.88. The zero-order valence-electron chi connectivity index (χ0n) is 12.1. The predicted molar refractivity (Wildman–Crippen MR) is 88.0 cm³/mol. The molecule has 1 heterocycles. The molecule has 0 aliphatic heterocycles. The van der Waals surface area contributed by atoms with Gasteiger partial charge in [0.05, 0.1) is 10.9 Å². The highest BCUT2D eigenvalue weighted by atomic mass is 35.5. The topological polar surface area (TPSA) is 79.5 Å². The van der Waals surface area contributed by atoms with Crippen molar-refractivity contribution in [3.63, 3.8) is 0 Å². The van der Waals surface area contributed by atoms with Crippen LogP contribution >= 0.6 is 11.6 Å². The van der Waals surface area contributed by atoms with Crippen LogP contribution in [0.5, 0.6) is 5.75 Å². The highest BCUT2D eigenvalue weighted by Gasteiger charge is 2.19. The van der Waals surface area contributed by atoms with Gasteiger partial charge in [-0.3, -0.25) is 4.79 Å². The molecule has 0 fully saturated rings. The molecule has 0 aliphatic carbocycles. The maximum Gasteiger partial charge on any atom is 0.348 e. The molecule has 3 rings (SSSR count). The Morgan fingerprint density at radius 3 is 2.65 bits per heavy atom. The van der Waals surface area contributed by atoms with Crippen LogP contribution in [0.1, 0.15) is 10.4 Å². The maximum atomic E-state index is 12.3. The summed E-state index contributed by atoms with van der Waals surface area (Å²) in [5.74, 6) is -0.655. The summed E-state index contributed by atoms with van der Waals surface area (Å²) in [4.78, 5) is 24.2. The summed E-state index contributed by atoms with van der Waals surface area (Å²) in [6.07, 6.45) is 0. The third-order valence-corrected chi connectivity index (χ3v) is 3.73. The number of hydrogen-bond acceptors (Lipinski definition) is 4. The minimum atomic E-state index is -0.742. The van der Waals surface area contributed by atoms with E-state index in [2.05, 4.69) is 5.32 Å². The monoisotopic (exact) mass is 329 g/mol. The standard InChI is InChI=1S/C17H12ClNO4/c1-19-16(21)12-7-3-6-11-14(20)13(17(22)23-15(11)12)9-4-2-5-10(18)8-9/h2-8,20H,1H3,(H,19,21). The van der Waals surface area contributed by atoms with Crippen molar-refractivity contribution in [2.24, 2.45) is 0 Å². The van der Waals surface area contributed by atoms with Crippen LogP contribution in [0.3, 0.4) is 0 Å². The summed E-state index contributed by atoms with van der Waals surface area (Å²) in [6, 6.07) is 11.2. The predicted octanol–water partition coefficient (Wildman–Crippen LogP) is 3.18. The summed E-state index contributed by atoms with van der Waals surface area (Å²) in [7, 11) is 1.47. The Balaban J connectivity index is 2.36. The molecule has 0 saturated carbocycles. The minimum Gasteiger partial charge on any atom is -0.506 e. The Morgan fingerprint density at radius 1 is 1.22 bits per heavy atom. The third-order valence-electron chi connectivity index (χ3n) is 3.49. The first-order chi connectivity index (χ1) is 11.0. The molecule has 1 amide bonds. The number of aromatic hydroxyl groups is 1. The highest BCUT2D eigenvalue weighted by molar-refractivity contribution is 6.30. The van der Waals surface area contributed by atoms with Crippen LogP contribution < -0.4 is 10.9 Å². The van der Waals surface area contributed by atoms with Crippen LogP contribution in [0.4, 0.5) is 0 Å². The average molecular weight is 330 g/mol. The molecule has 0 bridgehead atoms. The van der Waals surface area contributed by atoms with Gasteiger partial charge in [0.2, 0.25) is 0 Å². The zero-order valence-corrected chi connectivity index (χ0v) is 12.8. The van der Waals surface area contributed by atoms with E-state index in [9.17, 15) is 14.7 Å². The Kier molecular flexibility index (Phi) is 3.80. The summed E-state index contributed by atoms with van der Waals surface area (Å²) in [5.41, 5.74) is -0.0751. The second kappa shape index (κ2) is 5.78. The zero-order chi connectivity index (χ0) is 16.6. The maximum absolute atomic E-state index is 12.3. The summed E-state index contributed by atoms with van der Waals surface area (Å²) in [6.45, 7) is 0. The van der Waals surface area contributed by atoms with Crippen molar-refractivity contribution in [3.8, 4) is 16.9 Å². The number of hydrogen-bond donors (Lipinski definition) is 2. The van der Waals surface area contributed by atoms with E-state index in [-0.39, 0.29) is 27.8 Å². The first-order valence-corrected chi connectivity index (χ1v) is 7.17. The molecular formula is C17H12ClNO4. The molecule has 23 heavy (non-hydrogen) atoms. The number of fused-ring (bicyclic) bond motifs is 1. The van der Waals surface area contributed by atoms with E-state index in [0.29, 0.717) is 10.6 Å². The number of nitrogens with one attached hydrogen (secondary N) is 1. The van der Waals surface area contributed by atoms with E-state index in [1.807, 2.05) is 0 Å². The quantitative estimate of drug-likeness (QED) is 0.708. The van der Waals surface area contributed by atoms with E-state index < -0.39 is 11.5 Å². The molecule has 116 valence electrons.